The van der Waals surface area contributed by atoms with Crippen LogP contribution in [0.5, 0.6) is 0 Å². The number of hydrogen-bond donors (Lipinski definition) is 3. The highest BCUT2D eigenvalue weighted by Crippen LogP contribution is 2.03. The summed E-state index contributed by atoms with van der Waals surface area (Å²) in [5.74, 6) is -0.827. The summed E-state index contributed by atoms with van der Waals surface area (Å²) in [5.41, 5.74) is 0.328. The molecule has 0 radical (unpaired) electrons. The monoisotopic (exact) mass is 196 g/mol. The van der Waals surface area contributed by atoms with Crippen molar-refractivity contribution in [1.29, 1.82) is 0 Å². The van der Waals surface area contributed by atoms with Crippen molar-refractivity contribution in [1.82, 2.24) is 10.3 Å². The van der Waals surface area contributed by atoms with E-state index in [1.54, 1.807) is 13.8 Å². The van der Waals surface area contributed by atoms with E-state index in [4.69, 9.17) is 5.11 Å². The first-order chi connectivity index (χ1) is 6.52. The first kappa shape index (κ1) is 10.8. The third-order valence-corrected chi connectivity index (χ3v) is 2.18. The Morgan fingerprint density at radius 2 is 2.36 bits per heavy atom. The van der Waals surface area contributed by atoms with Crippen LogP contribution in [0.25, 0.3) is 0 Å². The number of carbonyl (C=O) groups is 1. The van der Waals surface area contributed by atoms with E-state index < -0.39 is 11.5 Å². The molecule has 0 amide bonds. The molecule has 1 rings (SSSR count). The summed E-state index contributed by atoms with van der Waals surface area (Å²) in [6.45, 7) is 3.98. The fraction of sp³-hybridized carbons (Fsp3) is 0.500. The highest BCUT2D eigenvalue weighted by Gasteiger charge is 2.25. The van der Waals surface area contributed by atoms with Crippen molar-refractivity contribution in [3.05, 3.63) is 24.0 Å². The number of aromatic amines is 1. The van der Waals surface area contributed by atoms with Gasteiger partial charge in [0.25, 0.3) is 0 Å². The number of carboxylic acids is 1. The van der Waals surface area contributed by atoms with Crippen LogP contribution >= 0.6 is 0 Å². The zero-order valence-corrected chi connectivity index (χ0v) is 8.50. The average molecular weight is 196 g/mol. The van der Waals surface area contributed by atoms with Crippen LogP contribution < -0.4 is 5.32 Å². The van der Waals surface area contributed by atoms with Crippen molar-refractivity contribution in [3.8, 4) is 0 Å². The number of nitrogens with one attached hydrogen (secondary N) is 2. The van der Waals surface area contributed by atoms with E-state index in [2.05, 4.69) is 10.3 Å². The predicted molar refractivity (Wildman–Crippen MR) is 54.2 cm³/mol. The molecular weight excluding hydrogens is 180 g/mol. The summed E-state index contributed by atoms with van der Waals surface area (Å²) in [4.78, 5) is 13.7. The minimum absolute atomic E-state index is 0.664. The Bertz CT molecular complexity index is 291. The van der Waals surface area contributed by atoms with Crippen LogP contribution in [0, 0.1) is 0 Å². The average Bonchev–Trinajstić information content (AvgIpc) is 2.56. The van der Waals surface area contributed by atoms with Gasteiger partial charge in [-0.1, -0.05) is 0 Å². The molecule has 0 atom stereocenters. The summed E-state index contributed by atoms with van der Waals surface area (Å²) in [6.07, 6.45) is 4.60. The molecule has 0 spiro atoms. The zero-order chi connectivity index (χ0) is 10.6. The van der Waals surface area contributed by atoms with Crippen LogP contribution in [0.2, 0.25) is 0 Å². The summed E-state index contributed by atoms with van der Waals surface area (Å²) in [6, 6.07) is 1.98. The lowest BCUT2D eigenvalue weighted by Crippen LogP contribution is -2.47. The minimum atomic E-state index is -0.851. The van der Waals surface area contributed by atoms with Gasteiger partial charge in [0.05, 0.1) is 0 Å². The zero-order valence-electron chi connectivity index (χ0n) is 8.50. The van der Waals surface area contributed by atoms with Crippen LogP contribution in [0.15, 0.2) is 18.5 Å². The number of aliphatic carboxylic acids is 1. The Labute approximate surface area is 83.3 Å². The second-order valence-electron chi connectivity index (χ2n) is 3.83. The molecule has 0 bridgehead atoms. The fourth-order valence-corrected chi connectivity index (χ4v) is 1.11. The predicted octanol–water partition coefficient (Wildman–Crippen LogP) is 1.01. The normalized spacial score (nSPS) is 11.6. The fourth-order valence-electron chi connectivity index (χ4n) is 1.11. The largest absolute Gasteiger partial charge is 0.480 e. The molecule has 0 aliphatic rings. The second-order valence-corrected chi connectivity index (χ2v) is 3.83. The van der Waals surface area contributed by atoms with Crippen molar-refractivity contribution in [2.45, 2.75) is 25.8 Å². The van der Waals surface area contributed by atoms with Gasteiger partial charge in [-0.3, -0.25) is 4.79 Å². The number of rotatable bonds is 5. The first-order valence-electron chi connectivity index (χ1n) is 4.62. The molecule has 0 saturated heterocycles. The highest BCUT2D eigenvalue weighted by molar-refractivity contribution is 5.77. The van der Waals surface area contributed by atoms with Crippen LogP contribution in [-0.2, 0) is 11.2 Å². The highest BCUT2D eigenvalue weighted by atomic mass is 16.4. The molecule has 0 unspecified atom stereocenters. The van der Waals surface area contributed by atoms with Crippen LogP contribution in [0.4, 0.5) is 0 Å². The topological polar surface area (TPSA) is 65.1 Å². The minimum Gasteiger partial charge on any atom is -0.480 e. The molecule has 4 nitrogen and oxygen atoms in total. The molecule has 4 heteroatoms. The van der Waals surface area contributed by atoms with E-state index in [-0.39, 0.29) is 0 Å². The van der Waals surface area contributed by atoms with E-state index in [0.29, 0.717) is 6.54 Å². The van der Waals surface area contributed by atoms with Crippen LogP contribution in [-0.4, -0.2) is 28.1 Å². The van der Waals surface area contributed by atoms with Gasteiger partial charge >= 0.3 is 5.97 Å². The van der Waals surface area contributed by atoms with Crippen molar-refractivity contribution in [3.63, 3.8) is 0 Å². The summed E-state index contributed by atoms with van der Waals surface area (Å²) in [7, 11) is 0. The maximum atomic E-state index is 10.7. The maximum Gasteiger partial charge on any atom is 0.323 e. The van der Waals surface area contributed by atoms with E-state index in [1.165, 1.54) is 5.56 Å². The number of aromatic nitrogens is 1. The summed E-state index contributed by atoms with van der Waals surface area (Å²) in [5, 5.41) is 11.8. The molecule has 1 aromatic heterocycles. The molecular formula is C10H16N2O2. The van der Waals surface area contributed by atoms with Crippen molar-refractivity contribution in [2.24, 2.45) is 0 Å². The Balaban J connectivity index is 2.31. The standard InChI is InChI=1S/C10H16N2O2/c1-10(2,9(13)14)12-6-4-8-3-5-11-7-8/h3,5,7,11-12H,4,6H2,1-2H3,(H,13,14). The van der Waals surface area contributed by atoms with Gasteiger partial charge in [0.1, 0.15) is 5.54 Å². The Morgan fingerprint density at radius 3 is 2.86 bits per heavy atom. The van der Waals surface area contributed by atoms with Crippen LogP contribution in [0.3, 0.4) is 0 Å². The molecule has 0 fully saturated rings. The Hall–Kier alpha value is -1.29. The van der Waals surface area contributed by atoms with Crippen molar-refractivity contribution in [2.75, 3.05) is 6.54 Å². The molecule has 0 saturated carbocycles. The van der Waals surface area contributed by atoms with Gasteiger partial charge in [-0.05, 0) is 31.9 Å². The van der Waals surface area contributed by atoms with Crippen molar-refractivity contribution < 1.29 is 9.90 Å². The third-order valence-electron chi connectivity index (χ3n) is 2.18. The number of H-pyrrole nitrogens is 1. The van der Waals surface area contributed by atoms with Gasteiger partial charge in [0.15, 0.2) is 0 Å². The Kier molecular flexibility index (Phi) is 3.30. The Morgan fingerprint density at radius 1 is 1.64 bits per heavy atom. The van der Waals surface area contributed by atoms with E-state index in [0.717, 1.165) is 6.42 Å². The smallest absolute Gasteiger partial charge is 0.323 e. The number of hydrogen-bond acceptors (Lipinski definition) is 2. The SMILES string of the molecule is CC(C)(NCCc1cc[nH]c1)C(=O)O. The molecule has 78 valence electrons. The molecule has 1 aromatic rings. The van der Waals surface area contributed by atoms with E-state index in [1.807, 2.05) is 18.5 Å². The van der Waals surface area contributed by atoms with E-state index in [9.17, 15) is 4.79 Å². The lowest BCUT2D eigenvalue weighted by atomic mass is 10.1. The first-order valence-corrected chi connectivity index (χ1v) is 4.62. The van der Waals surface area contributed by atoms with Gasteiger partial charge < -0.3 is 15.4 Å². The van der Waals surface area contributed by atoms with Gasteiger partial charge in [-0.15, -0.1) is 0 Å². The quantitative estimate of drug-likeness (QED) is 0.658. The molecule has 3 N–H and O–H groups in total. The second kappa shape index (κ2) is 4.28. The summed E-state index contributed by atoms with van der Waals surface area (Å²) >= 11 is 0. The molecule has 14 heavy (non-hydrogen) atoms. The maximum absolute atomic E-state index is 10.7. The molecule has 0 aromatic carbocycles. The van der Waals surface area contributed by atoms with Crippen LogP contribution in [0.1, 0.15) is 19.4 Å². The number of carboxylic acid groups (broad SMARTS) is 1. The van der Waals surface area contributed by atoms with Gasteiger partial charge in [0, 0.05) is 18.9 Å². The van der Waals surface area contributed by atoms with Gasteiger partial charge in [-0.25, -0.2) is 0 Å². The van der Waals surface area contributed by atoms with E-state index >= 15 is 0 Å². The van der Waals surface area contributed by atoms with Gasteiger partial charge in [-0.2, -0.15) is 0 Å². The lowest BCUT2D eigenvalue weighted by Gasteiger charge is -2.20. The lowest BCUT2D eigenvalue weighted by molar-refractivity contribution is -0.143. The van der Waals surface area contributed by atoms with Crippen molar-refractivity contribution >= 4 is 5.97 Å². The molecule has 0 aliphatic heterocycles. The van der Waals surface area contributed by atoms with Gasteiger partial charge in [0.2, 0.25) is 0 Å². The molecule has 1 heterocycles. The molecule has 0 aliphatic carbocycles. The summed E-state index contributed by atoms with van der Waals surface area (Å²) < 4.78 is 0. The third kappa shape index (κ3) is 2.88.